The number of carbonyl (C=O) groups excluding carboxylic acids is 1. The van der Waals surface area contributed by atoms with Crippen molar-refractivity contribution in [3.8, 4) is 0 Å². The predicted molar refractivity (Wildman–Crippen MR) is 73.1 cm³/mol. The van der Waals surface area contributed by atoms with E-state index >= 15 is 0 Å². The molecule has 1 N–H and O–H groups in total. The van der Waals surface area contributed by atoms with Crippen molar-refractivity contribution in [1.29, 1.82) is 0 Å². The Balaban J connectivity index is 1.84. The molecule has 5 heteroatoms. The highest BCUT2D eigenvalue weighted by Crippen LogP contribution is 2.11. The van der Waals surface area contributed by atoms with Gasteiger partial charge in [0.25, 0.3) is 0 Å². The summed E-state index contributed by atoms with van der Waals surface area (Å²) in [7, 11) is 0. The van der Waals surface area contributed by atoms with Crippen molar-refractivity contribution in [2.24, 2.45) is 0 Å². The van der Waals surface area contributed by atoms with Crippen LogP contribution < -0.4 is 5.32 Å². The molecular weight excluding hydrogens is 246 g/mol. The second-order valence-electron chi connectivity index (χ2n) is 5.08. The molecule has 1 unspecified atom stereocenters. The van der Waals surface area contributed by atoms with E-state index in [1.165, 1.54) is 0 Å². The Hall–Kier alpha value is -0.650. The molecule has 0 spiro atoms. The van der Waals surface area contributed by atoms with Crippen molar-refractivity contribution < 1.29 is 19.0 Å². The Bertz CT molecular complexity index is 240. The summed E-state index contributed by atoms with van der Waals surface area (Å²) in [5.74, 6) is 0.0388. The summed E-state index contributed by atoms with van der Waals surface area (Å²) in [5.41, 5.74) is 0. The highest BCUT2D eigenvalue weighted by atomic mass is 16.5. The first-order chi connectivity index (χ1) is 9.18. The molecular formula is C14H27NO4. The maximum absolute atomic E-state index is 11.5. The van der Waals surface area contributed by atoms with Crippen LogP contribution >= 0.6 is 0 Å². The van der Waals surface area contributed by atoms with E-state index in [1.54, 1.807) is 0 Å². The van der Waals surface area contributed by atoms with Gasteiger partial charge in [0.1, 0.15) is 0 Å². The van der Waals surface area contributed by atoms with Crippen LogP contribution in [-0.4, -0.2) is 51.1 Å². The van der Waals surface area contributed by atoms with Gasteiger partial charge in [0.15, 0.2) is 0 Å². The molecule has 19 heavy (non-hydrogen) atoms. The summed E-state index contributed by atoms with van der Waals surface area (Å²) in [6.07, 6.45) is 3.94. The molecule has 1 atom stereocenters. The van der Waals surface area contributed by atoms with Crippen LogP contribution in [0.15, 0.2) is 0 Å². The molecule has 0 radical (unpaired) electrons. The van der Waals surface area contributed by atoms with Gasteiger partial charge in [-0.1, -0.05) is 0 Å². The van der Waals surface area contributed by atoms with Gasteiger partial charge in [-0.3, -0.25) is 4.79 Å². The van der Waals surface area contributed by atoms with Crippen LogP contribution in [0.4, 0.5) is 0 Å². The van der Waals surface area contributed by atoms with Gasteiger partial charge in [0, 0.05) is 26.2 Å². The summed E-state index contributed by atoms with van der Waals surface area (Å²) in [4.78, 5) is 11.5. The van der Waals surface area contributed by atoms with Crippen molar-refractivity contribution >= 4 is 5.91 Å². The van der Waals surface area contributed by atoms with E-state index in [0.29, 0.717) is 32.8 Å². The molecule has 112 valence electrons. The van der Waals surface area contributed by atoms with Crippen molar-refractivity contribution in [2.45, 2.75) is 51.7 Å². The fourth-order valence-corrected chi connectivity index (χ4v) is 1.86. The van der Waals surface area contributed by atoms with Gasteiger partial charge in [-0.05, 0) is 33.1 Å². The van der Waals surface area contributed by atoms with E-state index in [9.17, 15) is 4.79 Å². The average molecular weight is 273 g/mol. The number of rotatable bonds is 10. The van der Waals surface area contributed by atoms with Crippen LogP contribution in [-0.2, 0) is 19.0 Å². The van der Waals surface area contributed by atoms with Crippen LogP contribution in [0.5, 0.6) is 0 Å². The number of hydrogen-bond acceptors (Lipinski definition) is 4. The Labute approximate surface area is 116 Å². The van der Waals surface area contributed by atoms with Gasteiger partial charge >= 0.3 is 0 Å². The molecule has 1 aliphatic heterocycles. The van der Waals surface area contributed by atoms with Crippen molar-refractivity contribution in [3.05, 3.63) is 0 Å². The van der Waals surface area contributed by atoms with Crippen LogP contribution in [0.25, 0.3) is 0 Å². The molecule has 0 aromatic carbocycles. The second kappa shape index (κ2) is 10.2. The normalized spacial score (nSPS) is 19.0. The highest BCUT2D eigenvalue weighted by Gasteiger charge is 2.15. The first kappa shape index (κ1) is 16.4. The fraction of sp³-hybridized carbons (Fsp3) is 0.929. The van der Waals surface area contributed by atoms with E-state index in [1.807, 2.05) is 13.8 Å². The first-order valence-electron chi connectivity index (χ1n) is 7.26. The Kier molecular flexibility index (Phi) is 8.79. The minimum atomic E-state index is 0.0388. The van der Waals surface area contributed by atoms with Crippen LogP contribution in [0.1, 0.15) is 39.5 Å². The molecule has 1 amide bonds. The lowest BCUT2D eigenvalue weighted by Crippen LogP contribution is -2.27. The molecule has 1 heterocycles. The lowest BCUT2D eigenvalue weighted by atomic mass is 10.2. The molecule has 5 nitrogen and oxygen atoms in total. The maximum atomic E-state index is 11.5. The van der Waals surface area contributed by atoms with Gasteiger partial charge in [-0.2, -0.15) is 0 Å². The first-order valence-corrected chi connectivity index (χ1v) is 7.26. The van der Waals surface area contributed by atoms with E-state index in [-0.39, 0.29) is 18.1 Å². The Morgan fingerprint density at radius 2 is 2.26 bits per heavy atom. The number of hydrogen-bond donors (Lipinski definition) is 1. The third-order valence-electron chi connectivity index (χ3n) is 2.90. The summed E-state index contributed by atoms with van der Waals surface area (Å²) in [5, 5.41) is 2.85. The molecule has 1 rings (SSSR count). The van der Waals surface area contributed by atoms with Crippen LogP contribution in [0.3, 0.4) is 0 Å². The lowest BCUT2D eigenvalue weighted by molar-refractivity contribution is -0.122. The molecule has 0 saturated carbocycles. The zero-order valence-electron chi connectivity index (χ0n) is 12.2. The van der Waals surface area contributed by atoms with E-state index in [0.717, 1.165) is 25.9 Å². The number of nitrogens with one attached hydrogen (secondary N) is 1. The van der Waals surface area contributed by atoms with E-state index in [2.05, 4.69) is 5.32 Å². The molecule has 0 bridgehead atoms. The van der Waals surface area contributed by atoms with Gasteiger partial charge in [0.2, 0.25) is 5.91 Å². The summed E-state index contributed by atoms with van der Waals surface area (Å²) in [6.45, 7) is 7.27. The average Bonchev–Trinajstić information content (AvgIpc) is 2.87. The van der Waals surface area contributed by atoms with Gasteiger partial charge in [-0.25, -0.2) is 0 Å². The van der Waals surface area contributed by atoms with E-state index < -0.39 is 0 Å². The smallest absolute Gasteiger partial charge is 0.222 e. The van der Waals surface area contributed by atoms with Crippen molar-refractivity contribution in [2.75, 3.05) is 33.0 Å². The third-order valence-corrected chi connectivity index (χ3v) is 2.90. The monoisotopic (exact) mass is 273 g/mol. The van der Waals surface area contributed by atoms with E-state index in [4.69, 9.17) is 14.2 Å². The van der Waals surface area contributed by atoms with Crippen molar-refractivity contribution in [1.82, 2.24) is 5.32 Å². The maximum Gasteiger partial charge on any atom is 0.222 e. The molecule has 0 aromatic rings. The predicted octanol–water partition coefficient (Wildman–Crippen LogP) is 1.50. The Morgan fingerprint density at radius 1 is 1.42 bits per heavy atom. The molecule has 1 aliphatic rings. The largest absolute Gasteiger partial charge is 0.379 e. The topological polar surface area (TPSA) is 56.8 Å². The summed E-state index contributed by atoms with van der Waals surface area (Å²) in [6, 6.07) is 0. The minimum absolute atomic E-state index is 0.0388. The standard InChI is InChI=1S/C14H27NO4/c1-12(2)18-9-4-7-15-14(16)6-10-17-11-13-5-3-8-19-13/h12-13H,3-11H2,1-2H3,(H,15,16). The summed E-state index contributed by atoms with van der Waals surface area (Å²) < 4.78 is 16.3. The SMILES string of the molecule is CC(C)OCCCNC(=O)CCOCC1CCCO1. The lowest BCUT2D eigenvalue weighted by Gasteiger charge is -2.10. The third kappa shape index (κ3) is 8.97. The van der Waals surface area contributed by atoms with Gasteiger partial charge in [0.05, 0.1) is 25.4 Å². The quantitative estimate of drug-likeness (QED) is 0.613. The molecule has 0 aliphatic carbocycles. The summed E-state index contributed by atoms with van der Waals surface area (Å²) >= 11 is 0. The molecule has 0 aromatic heterocycles. The molecule has 1 saturated heterocycles. The zero-order chi connectivity index (χ0) is 13.9. The minimum Gasteiger partial charge on any atom is -0.379 e. The number of carbonyl (C=O) groups is 1. The van der Waals surface area contributed by atoms with Crippen LogP contribution in [0.2, 0.25) is 0 Å². The molecule has 1 fully saturated rings. The van der Waals surface area contributed by atoms with Gasteiger partial charge in [-0.15, -0.1) is 0 Å². The van der Waals surface area contributed by atoms with Crippen molar-refractivity contribution in [3.63, 3.8) is 0 Å². The van der Waals surface area contributed by atoms with Crippen LogP contribution in [0, 0.1) is 0 Å². The number of amides is 1. The number of ether oxygens (including phenoxy) is 3. The second-order valence-corrected chi connectivity index (χ2v) is 5.08. The van der Waals surface area contributed by atoms with Gasteiger partial charge < -0.3 is 19.5 Å². The zero-order valence-corrected chi connectivity index (χ0v) is 12.2. The highest BCUT2D eigenvalue weighted by molar-refractivity contribution is 5.75. The fourth-order valence-electron chi connectivity index (χ4n) is 1.86. The Morgan fingerprint density at radius 3 is 2.95 bits per heavy atom.